The maximum Gasteiger partial charge on any atom is 0.115 e. The van der Waals surface area contributed by atoms with Crippen molar-refractivity contribution in [2.75, 3.05) is 0 Å². The second-order valence-corrected chi connectivity index (χ2v) is 6.68. The van der Waals surface area contributed by atoms with Crippen molar-refractivity contribution in [3.05, 3.63) is 63.6 Å². The Morgan fingerprint density at radius 1 is 1.19 bits per heavy atom. The third kappa shape index (κ3) is 3.30. The number of rotatable bonds is 3. The lowest BCUT2D eigenvalue weighted by molar-refractivity contribution is 0.412. The largest absolute Gasteiger partial charge is 0.508 e. The molecule has 2 aromatic rings. The van der Waals surface area contributed by atoms with E-state index in [1.165, 1.54) is 23.1 Å². The average Bonchev–Trinajstić information content (AvgIpc) is 2.47. The minimum Gasteiger partial charge on any atom is -0.508 e. The van der Waals surface area contributed by atoms with Crippen molar-refractivity contribution in [2.24, 2.45) is 0 Å². The molecule has 3 rings (SSSR count). The van der Waals surface area contributed by atoms with Crippen molar-refractivity contribution >= 4 is 15.9 Å². The number of phenols is 1. The standard InChI is InChI=1S/C18H20BrNO/c1-12(13-5-7-15(19)8-6-13)20-18-4-2-3-14-11-16(21)9-10-17(14)18/h5-12,18,20-21H,2-4H2,1H3/t12-,18?/m0/s1. The molecule has 0 saturated heterocycles. The summed E-state index contributed by atoms with van der Waals surface area (Å²) in [6, 6.07) is 14.9. The molecule has 0 aliphatic heterocycles. The highest BCUT2D eigenvalue weighted by atomic mass is 79.9. The molecule has 0 fully saturated rings. The number of benzene rings is 2. The Kier molecular flexibility index (Phi) is 4.32. The summed E-state index contributed by atoms with van der Waals surface area (Å²) in [6.07, 6.45) is 3.38. The van der Waals surface area contributed by atoms with Gasteiger partial charge in [0, 0.05) is 16.6 Å². The predicted molar refractivity (Wildman–Crippen MR) is 89.5 cm³/mol. The van der Waals surface area contributed by atoms with Gasteiger partial charge < -0.3 is 10.4 Å². The van der Waals surface area contributed by atoms with Crippen molar-refractivity contribution in [1.29, 1.82) is 0 Å². The highest BCUT2D eigenvalue weighted by Crippen LogP contribution is 2.33. The first-order valence-corrected chi connectivity index (χ1v) is 8.26. The van der Waals surface area contributed by atoms with Crippen LogP contribution in [0.25, 0.3) is 0 Å². The monoisotopic (exact) mass is 345 g/mol. The van der Waals surface area contributed by atoms with Gasteiger partial charge in [-0.25, -0.2) is 0 Å². The molecule has 0 bridgehead atoms. The Labute approximate surface area is 134 Å². The van der Waals surface area contributed by atoms with Gasteiger partial charge in [0.2, 0.25) is 0 Å². The van der Waals surface area contributed by atoms with Gasteiger partial charge in [0.05, 0.1) is 0 Å². The molecule has 3 heteroatoms. The quantitative estimate of drug-likeness (QED) is 0.830. The molecule has 2 nitrogen and oxygen atoms in total. The van der Waals surface area contributed by atoms with Gasteiger partial charge in [0.1, 0.15) is 5.75 Å². The molecular weight excluding hydrogens is 326 g/mol. The highest BCUT2D eigenvalue weighted by molar-refractivity contribution is 9.10. The lowest BCUT2D eigenvalue weighted by Crippen LogP contribution is -2.27. The Balaban J connectivity index is 1.78. The molecular formula is C18H20BrNO. The number of nitrogens with one attached hydrogen (secondary N) is 1. The van der Waals surface area contributed by atoms with E-state index in [1.807, 2.05) is 6.07 Å². The zero-order valence-electron chi connectivity index (χ0n) is 12.1. The molecule has 0 heterocycles. The number of hydrogen-bond acceptors (Lipinski definition) is 2. The molecule has 2 aromatic carbocycles. The molecule has 2 N–H and O–H groups in total. The molecule has 0 aromatic heterocycles. The number of aryl methyl sites for hydroxylation is 1. The number of aromatic hydroxyl groups is 1. The molecule has 110 valence electrons. The first-order chi connectivity index (χ1) is 10.1. The maximum absolute atomic E-state index is 9.64. The van der Waals surface area contributed by atoms with E-state index in [0.717, 1.165) is 17.3 Å². The van der Waals surface area contributed by atoms with Crippen LogP contribution in [0.3, 0.4) is 0 Å². The highest BCUT2D eigenvalue weighted by Gasteiger charge is 2.22. The fraction of sp³-hybridized carbons (Fsp3) is 0.333. The van der Waals surface area contributed by atoms with E-state index in [4.69, 9.17) is 0 Å². The third-order valence-electron chi connectivity index (χ3n) is 4.26. The van der Waals surface area contributed by atoms with Gasteiger partial charge in [-0.3, -0.25) is 0 Å². The smallest absolute Gasteiger partial charge is 0.115 e. The van der Waals surface area contributed by atoms with Gasteiger partial charge in [0.25, 0.3) is 0 Å². The number of fused-ring (bicyclic) bond motifs is 1. The summed E-state index contributed by atoms with van der Waals surface area (Å²) in [5.41, 5.74) is 3.91. The van der Waals surface area contributed by atoms with Gasteiger partial charge in [-0.1, -0.05) is 34.1 Å². The van der Waals surface area contributed by atoms with E-state index in [-0.39, 0.29) is 0 Å². The second kappa shape index (κ2) is 6.20. The minimum absolute atomic E-state index is 0.308. The van der Waals surface area contributed by atoms with Crippen LogP contribution in [0.2, 0.25) is 0 Å². The van der Waals surface area contributed by atoms with E-state index in [1.54, 1.807) is 6.07 Å². The number of phenolic OH excluding ortho intramolecular Hbond substituents is 1. The molecule has 0 amide bonds. The van der Waals surface area contributed by atoms with Crippen LogP contribution < -0.4 is 5.32 Å². The zero-order valence-corrected chi connectivity index (χ0v) is 13.7. The van der Waals surface area contributed by atoms with Crippen LogP contribution in [-0.2, 0) is 6.42 Å². The Morgan fingerprint density at radius 3 is 2.71 bits per heavy atom. The van der Waals surface area contributed by atoms with E-state index in [2.05, 4.69) is 58.5 Å². The van der Waals surface area contributed by atoms with Crippen molar-refractivity contribution in [2.45, 2.75) is 38.3 Å². The number of hydrogen-bond donors (Lipinski definition) is 2. The van der Waals surface area contributed by atoms with Gasteiger partial charge in [0.15, 0.2) is 0 Å². The Bertz CT molecular complexity index is 624. The summed E-state index contributed by atoms with van der Waals surface area (Å²) in [5.74, 6) is 0.371. The van der Waals surface area contributed by atoms with Crippen LogP contribution in [0.15, 0.2) is 46.9 Å². The topological polar surface area (TPSA) is 32.3 Å². The van der Waals surface area contributed by atoms with E-state index >= 15 is 0 Å². The van der Waals surface area contributed by atoms with Crippen molar-refractivity contribution in [3.63, 3.8) is 0 Å². The Morgan fingerprint density at radius 2 is 1.95 bits per heavy atom. The van der Waals surface area contributed by atoms with Gasteiger partial charge in [-0.2, -0.15) is 0 Å². The summed E-state index contributed by atoms with van der Waals surface area (Å²) >= 11 is 3.48. The summed E-state index contributed by atoms with van der Waals surface area (Å²) in [6.45, 7) is 2.21. The lowest BCUT2D eigenvalue weighted by Gasteiger charge is -2.29. The molecule has 2 atom stereocenters. The second-order valence-electron chi connectivity index (χ2n) is 5.77. The summed E-state index contributed by atoms with van der Waals surface area (Å²) < 4.78 is 1.11. The van der Waals surface area contributed by atoms with Crippen LogP contribution in [0.4, 0.5) is 0 Å². The molecule has 0 spiro atoms. The van der Waals surface area contributed by atoms with Crippen LogP contribution >= 0.6 is 15.9 Å². The van der Waals surface area contributed by atoms with Gasteiger partial charge >= 0.3 is 0 Å². The summed E-state index contributed by atoms with van der Waals surface area (Å²) in [5, 5.41) is 13.4. The molecule has 1 unspecified atom stereocenters. The fourth-order valence-electron chi connectivity index (χ4n) is 3.12. The van der Waals surface area contributed by atoms with Crippen molar-refractivity contribution < 1.29 is 5.11 Å². The SMILES string of the molecule is C[C@H](NC1CCCc2cc(O)ccc21)c1ccc(Br)cc1. The predicted octanol–water partition coefficient (Wildman–Crippen LogP) is 4.88. The van der Waals surface area contributed by atoms with Crippen molar-refractivity contribution in [3.8, 4) is 5.75 Å². The van der Waals surface area contributed by atoms with E-state index < -0.39 is 0 Å². The van der Waals surface area contributed by atoms with Crippen LogP contribution in [-0.4, -0.2) is 5.11 Å². The number of halogens is 1. The normalized spacial score (nSPS) is 19.0. The van der Waals surface area contributed by atoms with Crippen molar-refractivity contribution in [1.82, 2.24) is 5.32 Å². The summed E-state index contributed by atoms with van der Waals surface area (Å²) in [7, 11) is 0. The first kappa shape index (κ1) is 14.6. The van der Waals surface area contributed by atoms with Crippen LogP contribution in [0, 0.1) is 0 Å². The Hall–Kier alpha value is -1.32. The molecule has 0 radical (unpaired) electrons. The lowest BCUT2D eigenvalue weighted by atomic mass is 9.87. The summed E-state index contributed by atoms with van der Waals surface area (Å²) in [4.78, 5) is 0. The third-order valence-corrected chi connectivity index (χ3v) is 4.79. The molecule has 1 aliphatic carbocycles. The first-order valence-electron chi connectivity index (χ1n) is 7.47. The minimum atomic E-state index is 0.308. The fourth-order valence-corrected chi connectivity index (χ4v) is 3.39. The van der Waals surface area contributed by atoms with E-state index in [0.29, 0.717) is 17.8 Å². The van der Waals surface area contributed by atoms with Gasteiger partial charge in [-0.15, -0.1) is 0 Å². The zero-order chi connectivity index (χ0) is 14.8. The molecule has 21 heavy (non-hydrogen) atoms. The van der Waals surface area contributed by atoms with Gasteiger partial charge in [-0.05, 0) is 67.1 Å². The van der Waals surface area contributed by atoms with Crippen LogP contribution in [0.5, 0.6) is 5.75 Å². The average molecular weight is 346 g/mol. The van der Waals surface area contributed by atoms with E-state index in [9.17, 15) is 5.11 Å². The molecule has 1 aliphatic rings. The molecule has 0 saturated carbocycles. The van der Waals surface area contributed by atoms with Crippen LogP contribution in [0.1, 0.15) is 48.5 Å². The maximum atomic E-state index is 9.64.